The number of nitrogens with one attached hydrogen (secondary N) is 1. The van der Waals surface area contributed by atoms with Gasteiger partial charge in [-0.15, -0.1) is 0 Å². The quantitative estimate of drug-likeness (QED) is 0.799. The van der Waals surface area contributed by atoms with Crippen molar-refractivity contribution in [1.29, 1.82) is 0 Å². The first-order valence-electron chi connectivity index (χ1n) is 9.01. The minimum Gasteiger partial charge on any atom is -0.493 e. The zero-order valence-electron chi connectivity index (χ0n) is 16.8. The van der Waals surface area contributed by atoms with E-state index in [1.54, 1.807) is 30.3 Å². The Morgan fingerprint density at radius 3 is 2.52 bits per heavy atom. The Bertz CT molecular complexity index is 1020. The number of carbonyl (C=O) groups is 1. The smallest absolute Gasteiger partial charge is 0.265 e. The summed E-state index contributed by atoms with van der Waals surface area (Å²) in [6.45, 7) is 2.01. The topological polar surface area (TPSA) is 94.2 Å². The molecule has 0 aliphatic carbocycles. The molecular formula is C20H24N2O6S. The standard InChI is InChI=1S/C20H24N2O6S/c1-13-5-7-16-15(11-13)22(29(4,24)25)10-9-18(28-16)20(23)21-14-6-8-17(26-2)19(12-14)27-3/h5-8,11-12,18H,9-10H2,1-4H3,(H,21,23)/t18-/m0/s1. The Kier molecular flexibility index (Phi) is 5.88. The van der Waals surface area contributed by atoms with E-state index in [2.05, 4.69) is 5.32 Å². The molecular weight excluding hydrogens is 396 g/mol. The minimum atomic E-state index is -3.51. The van der Waals surface area contributed by atoms with E-state index in [-0.39, 0.29) is 18.9 Å². The SMILES string of the molecule is COc1ccc(NC(=O)[C@@H]2CCN(S(C)(=O)=O)c3cc(C)ccc3O2)cc1OC. The number of hydrogen-bond donors (Lipinski definition) is 1. The van der Waals surface area contributed by atoms with Crippen LogP contribution in [0.4, 0.5) is 11.4 Å². The molecule has 1 heterocycles. The molecule has 3 rings (SSSR count). The fourth-order valence-corrected chi connectivity index (χ4v) is 4.09. The average Bonchev–Trinajstić information content (AvgIpc) is 2.87. The molecule has 0 spiro atoms. The maximum Gasteiger partial charge on any atom is 0.265 e. The van der Waals surface area contributed by atoms with E-state index < -0.39 is 16.1 Å². The summed E-state index contributed by atoms with van der Waals surface area (Å²) in [4.78, 5) is 12.8. The summed E-state index contributed by atoms with van der Waals surface area (Å²) in [5, 5.41) is 2.79. The number of hydrogen-bond acceptors (Lipinski definition) is 6. The highest BCUT2D eigenvalue weighted by atomic mass is 32.2. The van der Waals surface area contributed by atoms with Gasteiger partial charge in [0.2, 0.25) is 10.0 Å². The number of benzene rings is 2. The molecule has 1 aliphatic rings. The Hall–Kier alpha value is -2.94. The Morgan fingerprint density at radius 2 is 1.86 bits per heavy atom. The number of amides is 1. The van der Waals surface area contributed by atoms with Gasteiger partial charge in [-0.1, -0.05) is 6.07 Å². The number of carbonyl (C=O) groups excluding carboxylic acids is 1. The molecule has 29 heavy (non-hydrogen) atoms. The van der Waals surface area contributed by atoms with Gasteiger partial charge >= 0.3 is 0 Å². The zero-order chi connectivity index (χ0) is 21.2. The lowest BCUT2D eigenvalue weighted by atomic mass is 10.2. The molecule has 0 bridgehead atoms. The number of sulfonamides is 1. The van der Waals surface area contributed by atoms with Crippen LogP contribution < -0.4 is 23.8 Å². The van der Waals surface area contributed by atoms with Gasteiger partial charge in [0.05, 0.1) is 26.2 Å². The van der Waals surface area contributed by atoms with Gasteiger partial charge in [-0.25, -0.2) is 8.42 Å². The van der Waals surface area contributed by atoms with Crippen molar-refractivity contribution in [3.05, 3.63) is 42.0 Å². The van der Waals surface area contributed by atoms with Crippen molar-refractivity contribution >= 4 is 27.3 Å². The molecule has 1 N–H and O–H groups in total. The number of fused-ring (bicyclic) bond motifs is 1. The van der Waals surface area contributed by atoms with Gasteiger partial charge in [-0.2, -0.15) is 0 Å². The van der Waals surface area contributed by atoms with Gasteiger partial charge in [-0.3, -0.25) is 9.10 Å². The van der Waals surface area contributed by atoms with Gasteiger partial charge < -0.3 is 19.5 Å². The summed E-state index contributed by atoms with van der Waals surface area (Å²) in [7, 11) is -0.472. The number of methoxy groups -OCH3 is 2. The van der Waals surface area contributed by atoms with Crippen molar-refractivity contribution in [2.45, 2.75) is 19.4 Å². The Balaban J connectivity index is 1.85. The predicted octanol–water partition coefficient (Wildman–Crippen LogP) is 2.57. The molecule has 2 aromatic rings. The molecule has 1 amide bonds. The number of nitrogens with zero attached hydrogens (tertiary/aromatic N) is 1. The molecule has 0 unspecified atom stereocenters. The van der Waals surface area contributed by atoms with Crippen LogP contribution in [-0.2, 0) is 14.8 Å². The van der Waals surface area contributed by atoms with Gasteiger partial charge in [0, 0.05) is 24.7 Å². The summed E-state index contributed by atoms with van der Waals surface area (Å²) >= 11 is 0. The van der Waals surface area contributed by atoms with Crippen LogP contribution in [0.3, 0.4) is 0 Å². The fraction of sp³-hybridized carbons (Fsp3) is 0.350. The van der Waals surface area contributed by atoms with Crippen molar-refractivity contribution < 1.29 is 27.4 Å². The zero-order valence-corrected chi connectivity index (χ0v) is 17.6. The van der Waals surface area contributed by atoms with Gasteiger partial charge in [0.25, 0.3) is 5.91 Å². The number of rotatable bonds is 5. The van der Waals surface area contributed by atoms with Gasteiger partial charge in [0.15, 0.2) is 17.6 Å². The lowest BCUT2D eigenvalue weighted by molar-refractivity contribution is -0.122. The molecule has 0 fully saturated rings. The first-order chi connectivity index (χ1) is 13.7. The van der Waals surface area contributed by atoms with E-state index in [4.69, 9.17) is 14.2 Å². The average molecular weight is 420 g/mol. The summed E-state index contributed by atoms with van der Waals surface area (Å²) in [6.07, 6.45) is 0.500. The first-order valence-corrected chi connectivity index (χ1v) is 10.9. The van der Waals surface area contributed by atoms with Crippen LogP contribution in [-0.4, -0.2) is 47.4 Å². The van der Waals surface area contributed by atoms with Crippen LogP contribution in [0.1, 0.15) is 12.0 Å². The molecule has 0 aromatic heterocycles. The predicted molar refractivity (Wildman–Crippen MR) is 111 cm³/mol. The van der Waals surface area contributed by atoms with Crippen molar-refractivity contribution in [2.75, 3.05) is 36.6 Å². The normalized spacial score (nSPS) is 16.3. The summed E-state index contributed by atoms with van der Waals surface area (Å²) in [6, 6.07) is 10.3. The lowest BCUT2D eigenvalue weighted by Crippen LogP contribution is -2.36. The third kappa shape index (κ3) is 4.56. The van der Waals surface area contributed by atoms with Crippen LogP contribution >= 0.6 is 0 Å². The summed E-state index contributed by atoms with van der Waals surface area (Å²) in [5.41, 5.74) is 1.85. The van der Waals surface area contributed by atoms with Crippen LogP contribution in [0, 0.1) is 6.92 Å². The highest BCUT2D eigenvalue weighted by Gasteiger charge is 2.31. The minimum absolute atomic E-state index is 0.138. The highest BCUT2D eigenvalue weighted by Crippen LogP contribution is 2.35. The van der Waals surface area contributed by atoms with E-state index in [1.165, 1.54) is 18.5 Å². The first kappa shape index (κ1) is 20.8. The van der Waals surface area contributed by atoms with E-state index in [9.17, 15) is 13.2 Å². The van der Waals surface area contributed by atoms with Crippen molar-refractivity contribution in [3.8, 4) is 17.2 Å². The number of anilines is 2. The summed E-state index contributed by atoms with van der Waals surface area (Å²) in [5.74, 6) is 1.01. The van der Waals surface area contributed by atoms with E-state index >= 15 is 0 Å². The van der Waals surface area contributed by atoms with Crippen LogP contribution in [0.15, 0.2) is 36.4 Å². The fourth-order valence-electron chi connectivity index (χ4n) is 3.15. The lowest BCUT2D eigenvalue weighted by Gasteiger charge is -2.21. The van der Waals surface area contributed by atoms with Crippen molar-refractivity contribution in [3.63, 3.8) is 0 Å². The molecule has 9 heteroatoms. The third-order valence-corrected chi connectivity index (χ3v) is 5.77. The van der Waals surface area contributed by atoms with E-state index in [0.717, 1.165) is 11.8 Å². The maximum absolute atomic E-state index is 12.8. The maximum atomic E-state index is 12.8. The molecule has 0 saturated carbocycles. The second-order valence-corrected chi connectivity index (χ2v) is 8.67. The van der Waals surface area contributed by atoms with Crippen LogP contribution in [0.2, 0.25) is 0 Å². The number of ether oxygens (including phenoxy) is 3. The molecule has 1 atom stereocenters. The summed E-state index contributed by atoms with van der Waals surface area (Å²) < 4.78 is 42.1. The van der Waals surface area contributed by atoms with E-state index in [1.807, 2.05) is 13.0 Å². The van der Waals surface area contributed by atoms with Crippen molar-refractivity contribution in [1.82, 2.24) is 0 Å². The van der Waals surface area contributed by atoms with Crippen LogP contribution in [0.5, 0.6) is 17.2 Å². The molecule has 0 radical (unpaired) electrons. The largest absolute Gasteiger partial charge is 0.493 e. The molecule has 2 aromatic carbocycles. The van der Waals surface area contributed by atoms with Gasteiger partial charge in [0.1, 0.15) is 5.75 Å². The molecule has 8 nitrogen and oxygen atoms in total. The second-order valence-electron chi connectivity index (χ2n) is 6.76. The Labute approximate surface area is 170 Å². The Morgan fingerprint density at radius 1 is 1.14 bits per heavy atom. The molecule has 1 aliphatic heterocycles. The van der Waals surface area contributed by atoms with Crippen LogP contribution in [0.25, 0.3) is 0 Å². The van der Waals surface area contributed by atoms with Gasteiger partial charge in [-0.05, 0) is 36.8 Å². The number of aryl methyl sites for hydroxylation is 1. The van der Waals surface area contributed by atoms with E-state index in [0.29, 0.717) is 28.6 Å². The van der Waals surface area contributed by atoms with Crippen molar-refractivity contribution in [2.24, 2.45) is 0 Å². The second kappa shape index (κ2) is 8.20. The monoisotopic (exact) mass is 420 g/mol. The molecule has 0 saturated heterocycles. The molecule has 156 valence electrons. The highest BCUT2D eigenvalue weighted by molar-refractivity contribution is 7.92. The third-order valence-electron chi connectivity index (χ3n) is 4.59.